The van der Waals surface area contributed by atoms with Crippen molar-refractivity contribution in [1.29, 1.82) is 0 Å². The molecule has 2 aromatic carbocycles. The molecular weight excluding hydrogens is 316 g/mol. The summed E-state index contributed by atoms with van der Waals surface area (Å²) in [6, 6.07) is 13.4. The van der Waals surface area contributed by atoms with Gasteiger partial charge in [0.2, 0.25) is 0 Å². The minimum absolute atomic E-state index is 0.0453. The first-order valence-corrected chi connectivity index (χ1v) is 8.47. The SMILES string of the molecule is CC1Oc2cc(C(=O)N3c4ccccc4CC3C)ccc2N(C)C1=O. The van der Waals surface area contributed by atoms with Crippen LogP contribution in [0, 0.1) is 0 Å². The van der Waals surface area contributed by atoms with Crippen molar-refractivity contribution in [2.75, 3.05) is 16.8 Å². The molecule has 0 radical (unpaired) electrons. The first kappa shape index (κ1) is 15.7. The highest BCUT2D eigenvalue weighted by Gasteiger charge is 2.33. The molecule has 0 saturated heterocycles. The summed E-state index contributed by atoms with van der Waals surface area (Å²) in [4.78, 5) is 28.6. The number of carbonyl (C=O) groups is 2. The highest BCUT2D eigenvalue weighted by Crippen LogP contribution is 2.37. The largest absolute Gasteiger partial charge is 0.479 e. The number of likely N-dealkylation sites (N-methyl/N-ethyl adjacent to an activating group) is 1. The van der Waals surface area contributed by atoms with Crippen molar-refractivity contribution in [2.24, 2.45) is 0 Å². The van der Waals surface area contributed by atoms with E-state index in [0.717, 1.165) is 12.1 Å². The lowest BCUT2D eigenvalue weighted by Crippen LogP contribution is -2.42. The van der Waals surface area contributed by atoms with Gasteiger partial charge in [-0.3, -0.25) is 9.59 Å². The minimum atomic E-state index is -0.547. The Kier molecular flexibility index (Phi) is 3.53. The van der Waals surface area contributed by atoms with Gasteiger partial charge in [-0.25, -0.2) is 0 Å². The van der Waals surface area contributed by atoms with E-state index in [4.69, 9.17) is 4.74 Å². The standard InChI is InChI=1S/C20H20N2O3/c1-12-10-14-6-4-5-7-16(14)22(12)20(24)15-8-9-17-18(11-15)25-13(2)19(23)21(17)3/h4-9,11-13H,10H2,1-3H3. The molecule has 2 atom stereocenters. The third-order valence-electron chi connectivity index (χ3n) is 4.98. The molecule has 0 aliphatic carbocycles. The molecule has 0 spiro atoms. The minimum Gasteiger partial charge on any atom is -0.479 e. The number of hydrogen-bond donors (Lipinski definition) is 0. The second kappa shape index (κ2) is 5.62. The highest BCUT2D eigenvalue weighted by molar-refractivity contribution is 6.09. The Morgan fingerprint density at radius 3 is 2.68 bits per heavy atom. The van der Waals surface area contributed by atoms with Crippen molar-refractivity contribution in [3.63, 3.8) is 0 Å². The smallest absolute Gasteiger partial charge is 0.267 e. The summed E-state index contributed by atoms with van der Waals surface area (Å²) in [5, 5.41) is 0. The number of para-hydroxylation sites is 1. The van der Waals surface area contributed by atoms with Gasteiger partial charge in [-0.15, -0.1) is 0 Å². The Bertz CT molecular complexity index is 877. The Morgan fingerprint density at radius 2 is 1.88 bits per heavy atom. The van der Waals surface area contributed by atoms with Crippen LogP contribution in [-0.4, -0.2) is 31.0 Å². The van der Waals surface area contributed by atoms with Gasteiger partial charge >= 0.3 is 0 Å². The van der Waals surface area contributed by atoms with Crippen molar-refractivity contribution in [2.45, 2.75) is 32.4 Å². The molecule has 2 heterocycles. The van der Waals surface area contributed by atoms with Crippen LogP contribution in [0.5, 0.6) is 5.75 Å². The van der Waals surface area contributed by atoms with Gasteiger partial charge < -0.3 is 14.5 Å². The number of amides is 2. The average molecular weight is 336 g/mol. The molecule has 2 aliphatic heterocycles. The lowest BCUT2D eigenvalue weighted by atomic mass is 10.1. The van der Waals surface area contributed by atoms with Gasteiger partial charge in [0, 0.05) is 24.3 Å². The zero-order valence-corrected chi connectivity index (χ0v) is 14.5. The molecule has 5 heteroatoms. The molecule has 2 aromatic rings. The molecule has 0 N–H and O–H groups in total. The number of rotatable bonds is 1. The first-order chi connectivity index (χ1) is 12.0. The number of hydrogen-bond acceptors (Lipinski definition) is 3. The summed E-state index contributed by atoms with van der Waals surface area (Å²) in [5.74, 6) is 0.435. The Labute approximate surface area is 146 Å². The van der Waals surface area contributed by atoms with Crippen molar-refractivity contribution in [3.8, 4) is 5.75 Å². The predicted molar refractivity (Wildman–Crippen MR) is 96.4 cm³/mol. The van der Waals surface area contributed by atoms with E-state index in [1.54, 1.807) is 37.1 Å². The molecule has 5 nitrogen and oxygen atoms in total. The van der Waals surface area contributed by atoms with Gasteiger partial charge in [-0.1, -0.05) is 18.2 Å². The summed E-state index contributed by atoms with van der Waals surface area (Å²) in [7, 11) is 1.72. The Hall–Kier alpha value is -2.82. The fraction of sp³-hybridized carbons (Fsp3) is 0.300. The van der Waals surface area contributed by atoms with Crippen LogP contribution in [0.15, 0.2) is 42.5 Å². The van der Waals surface area contributed by atoms with Gasteiger partial charge in [-0.2, -0.15) is 0 Å². The molecule has 128 valence electrons. The predicted octanol–water partition coefficient (Wildman–Crippen LogP) is 3.02. The average Bonchev–Trinajstić information content (AvgIpc) is 2.94. The lowest BCUT2D eigenvalue weighted by molar-refractivity contribution is -0.125. The summed E-state index contributed by atoms with van der Waals surface area (Å²) in [6.45, 7) is 3.77. The number of nitrogens with zero attached hydrogens (tertiary/aromatic N) is 2. The topological polar surface area (TPSA) is 49.9 Å². The van der Waals surface area contributed by atoms with Gasteiger partial charge in [0.25, 0.3) is 11.8 Å². The number of benzene rings is 2. The Balaban J connectivity index is 1.71. The maximum atomic E-state index is 13.1. The van der Waals surface area contributed by atoms with Crippen LogP contribution in [0.3, 0.4) is 0 Å². The van der Waals surface area contributed by atoms with Crippen molar-refractivity contribution < 1.29 is 14.3 Å². The van der Waals surface area contributed by atoms with E-state index >= 15 is 0 Å². The quantitative estimate of drug-likeness (QED) is 0.804. The molecule has 0 aromatic heterocycles. The van der Waals surface area contributed by atoms with Crippen LogP contribution in [-0.2, 0) is 11.2 Å². The first-order valence-electron chi connectivity index (χ1n) is 8.47. The van der Waals surface area contributed by atoms with Crippen LogP contribution in [0.4, 0.5) is 11.4 Å². The van der Waals surface area contributed by atoms with Crippen LogP contribution in [0.1, 0.15) is 29.8 Å². The van der Waals surface area contributed by atoms with Gasteiger partial charge in [0.1, 0.15) is 5.75 Å². The third kappa shape index (κ3) is 2.38. The molecule has 2 aliphatic rings. The van der Waals surface area contributed by atoms with Crippen molar-refractivity contribution in [3.05, 3.63) is 53.6 Å². The molecule has 25 heavy (non-hydrogen) atoms. The van der Waals surface area contributed by atoms with E-state index in [-0.39, 0.29) is 17.9 Å². The fourth-order valence-corrected chi connectivity index (χ4v) is 3.67. The molecule has 0 bridgehead atoms. The lowest BCUT2D eigenvalue weighted by Gasteiger charge is -2.31. The number of ether oxygens (including phenoxy) is 1. The van der Waals surface area contributed by atoms with Crippen LogP contribution in [0.2, 0.25) is 0 Å². The number of anilines is 2. The van der Waals surface area contributed by atoms with Crippen molar-refractivity contribution >= 4 is 23.2 Å². The van der Waals surface area contributed by atoms with Crippen LogP contribution >= 0.6 is 0 Å². The fourth-order valence-electron chi connectivity index (χ4n) is 3.67. The van der Waals surface area contributed by atoms with Crippen molar-refractivity contribution in [1.82, 2.24) is 0 Å². The molecule has 4 rings (SSSR count). The zero-order valence-electron chi connectivity index (χ0n) is 14.5. The van der Waals surface area contributed by atoms with Gasteiger partial charge in [0.05, 0.1) is 5.69 Å². The molecule has 0 fully saturated rings. The van der Waals surface area contributed by atoms with E-state index < -0.39 is 6.10 Å². The van der Waals surface area contributed by atoms with E-state index in [9.17, 15) is 9.59 Å². The van der Waals surface area contributed by atoms with Gasteiger partial charge in [0.15, 0.2) is 6.10 Å². The maximum Gasteiger partial charge on any atom is 0.267 e. The van der Waals surface area contributed by atoms with Crippen LogP contribution in [0.25, 0.3) is 0 Å². The van der Waals surface area contributed by atoms with E-state index in [0.29, 0.717) is 17.0 Å². The number of carbonyl (C=O) groups excluding carboxylic acids is 2. The van der Waals surface area contributed by atoms with Gasteiger partial charge in [-0.05, 0) is 50.1 Å². The normalized spacial score (nSPS) is 21.6. The van der Waals surface area contributed by atoms with E-state index in [2.05, 4.69) is 13.0 Å². The van der Waals surface area contributed by atoms with Crippen LogP contribution < -0.4 is 14.5 Å². The second-order valence-corrected chi connectivity index (χ2v) is 6.70. The summed E-state index contributed by atoms with van der Waals surface area (Å²) in [6.07, 6.45) is 0.312. The molecule has 0 saturated carbocycles. The second-order valence-electron chi connectivity index (χ2n) is 6.70. The summed E-state index contributed by atoms with van der Waals surface area (Å²) in [5.41, 5.74) is 3.42. The Morgan fingerprint density at radius 1 is 1.12 bits per heavy atom. The summed E-state index contributed by atoms with van der Waals surface area (Å²) >= 11 is 0. The molecular formula is C20H20N2O3. The van der Waals surface area contributed by atoms with E-state index in [1.807, 2.05) is 23.1 Å². The monoisotopic (exact) mass is 336 g/mol. The maximum absolute atomic E-state index is 13.1. The number of fused-ring (bicyclic) bond motifs is 2. The molecule has 2 amide bonds. The highest BCUT2D eigenvalue weighted by atomic mass is 16.5. The third-order valence-corrected chi connectivity index (χ3v) is 4.98. The zero-order chi connectivity index (χ0) is 17.7. The molecule has 2 unspecified atom stereocenters. The summed E-state index contributed by atoms with van der Waals surface area (Å²) < 4.78 is 5.70. The van der Waals surface area contributed by atoms with E-state index in [1.165, 1.54) is 5.56 Å².